The lowest BCUT2D eigenvalue weighted by molar-refractivity contribution is -0.135. The van der Waals surface area contributed by atoms with E-state index in [1.54, 1.807) is 0 Å². The van der Waals surface area contributed by atoms with Gasteiger partial charge in [-0.2, -0.15) is 0 Å². The average Bonchev–Trinajstić information content (AvgIpc) is 2.60. The third-order valence-electron chi connectivity index (χ3n) is 4.74. The lowest BCUT2D eigenvalue weighted by Crippen LogP contribution is -2.57. The zero-order valence-electron chi connectivity index (χ0n) is 9.46. The molecule has 0 aromatic carbocycles. The van der Waals surface area contributed by atoms with Crippen molar-refractivity contribution in [2.24, 2.45) is 11.3 Å². The van der Waals surface area contributed by atoms with Crippen LogP contribution in [0.4, 0.5) is 0 Å². The summed E-state index contributed by atoms with van der Waals surface area (Å²) in [5, 5.41) is 3.22. The molecule has 15 heavy (non-hydrogen) atoms. The fourth-order valence-electron chi connectivity index (χ4n) is 3.30. The normalized spacial score (nSPS) is 32.7. The summed E-state index contributed by atoms with van der Waals surface area (Å²) in [5.41, 5.74) is 0.461. The third kappa shape index (κ3) is 1.40. The molecule has 3 rings (SSSR count). The quantitative estimate of drug-likeness (QED) is 0.734. The van der Waals surface area contributed by atoms with Crippen molar-refractivity contribution in [3.63, 3.8) is 0 Å². The van der Waals surface area contributed by atoms with Gasteiger partial charge in [-0.1, -0.05) is 12.8 Å². The Morgan fingerprint density at radius 1 is 1.33 bits per heavy atom. The molecular weight excluding hydrogens is 188 g/mol. The first kappa shape index (κ1) is 9.64. The van der Waals surface area contributed by atoms with E-state index in [2.05, 4.69) is 5.32 Å². The van der Waals surface area contributed by atoms with Crippen LogP contribution in [0.5, 0.6) is 0 Å². The van der Waals surface area contributed by atoms with Gasteiger partial charge in [0.25, 0.3) is 0 Å². The molecule has 1 spiro atoms. The molecule has 1 amide bonds. The molecule has 0 bridgehead atoms. The predicted molar refractivity (Wildman–Crippen MR) is 58.4 cm³/mol. The van der Waals surface area contributed by atoms with Crippen molar-refractivity contribution in [1.29, 1.82) is 0 Å². The van der Waals surface area contributed by atoms with Crippen LogP contribution in [0.1, 0.15) is 32.1 Å². The molecule has 1 N–H and O–H groups in total. The minimum atomic E-state index is 0.380. The summed E-state index contributed by atoms with van der Waals surface area (Å²) in [7, 11) is 1.98. The number of carbonyl (C=O) groups excluding carboxylic acids is 1. The molecule has 3 fully saturated rings. The molecule has 2 saturated carbocycles. The Labute approximate surface area is 91.2 Å². The summed E-state index contributed by atoms with van der Waals surface area (Å²) in [6.07, 6.45) is 6.48. The molecule has 1 unspecified atom stereocenters. The second kappa shape index (κ2) is 3.21. The zero-order valence-corrected chi connectivity index (χ0v) is 9.46. The Bertz CT molecular complexity index is 279. The van der Waals surface area contributed by atoms with E-state index in [9.17, 15) is 4.79 Å². The van der Waals surface area contributed by atoms with Crippen molar-refractivity contribution in [3.8, 4) is 0 Å². The van der Waals surface area contributed by atoms with Gasteiger partial charge in [0.05, 0.1) is 6.04 Å². The van der Waals surface area contributed by atoms with Gasteiger partial charge in [0.2, 0.25) is 5.91 Å². The standard InChI is InChI=1S/C12H20N2O/c1-14(9-7-13-8-9)11(15)10-6-12(10)4-2-3-5-12/h9-10,13H,2-8H2,1H3. The van der Waals surface area contributed by atoms with Gasteiger partial charge in [-0.05, 0) is 24.7 Å². The van der Waals surface area contributed by atoms with Crippen LogP contribution in [0.15, 0.2) is 0 Å². The molecule has 1 heterocycles. The monoisotopic (exact) mass is 208 g/mol. The molecular formula is C12H20N2O. The van der Waals surface area contributed by atoms with E-state index in [0.717, 1.165) is 13.1 Å². The Morgan fingerprint density at radius 3 is 2.53 bits per heavy atom. The van der Waals surface area contributed by atoms with Crippen molar-refractivity contribution in [1.82, 2.24) is 10.2 Å². The SMILES string of the molecule is CN(C(=O)C1CC12CCCC2)C1CNC1. The van der Waals surface area contributed by atoms with Crippen molar-refractivity contribution < 1.29 is 4.79 Å². The van der Waals surface area contributed by atoms with Crippen LogP contribution >= 0.6 is 0 Å². The summed E-state index contributed by atoms with van der Waals surface area (Å²) < 4.78 is 0. The van der Waals surface area contributed by atoms with Crippen LogP contribution in [-0.2, 0) is 4.79 Å². The maximum absolute atomic E-state index is 12.2. The molecule has 2 aliphatic carbocycles. The second-order valence-corrected chi connectivity index (χ2v) is 5.59. The molecule has 84 valence electrons. The Balaban J connectivity index is 1.61. The topological polar surface area (TPSA) is 32.3 Å². The van der Waals surface area contributed by atoms with Crippen LogP contribution in [0.3, 0.4) is 0 Å². The summed E-state index contributed by atoms with van der Waals surface area (Å²) in [6, 6.07) is 0.469. The molecule has 0 radical (unpaired) electrons. The van der Waals surface area contributed by atoms with Gasteiger partial charge in [-0.3, -0.25) is 4.79 Å². The lowest BCUT2D eigenvalue weighted by Gasteiger charge is -2.36. The molecule has 0 aromatic heterocycles. The van der Waals surface area contributed by atoms with E-state index >= 15 is 0 Å². The highest BCUT2D eigenvalue weighted by Gasteiger charge is 2.59. The number of rotatable bonds is 2. The van der Waals surface area contributed by atoms with Crippen LogP contribution in [0, 0.1) is 11.3 Å². The van der Waals surface area contributed by atoms with Gasteiger partial charge in [0.15, 0.2) is 0 Å². The minimum Gasteiger partial charge on any atom is -0.340 e. The van der Waals surface area contributed by atoms with Crippen molar-refractivity contribution in [2.45, 2.75) is 38.1 Å². The average molecular weight is 208 g/mol. The zero-order chi connectivity index (χ0) is 10.5. The maximum Gasteiger partial charge on any atom is 0.226 e. The molecule has 0 aromatic rings. The number of hydrogen-bond donors (Lipinski definition) is 1. The summed E-state index contributed by atoms with van der Waals surface area (Å²) in [5.74, 6) is 0.800. The van der Waals surface area contributed by atoms with E-state index in [4.69, 9.17) is 0 Å². The number of amides is 1. The molecule has 1 atom stereocenters. The molecule has 3 heteroatoms. The van der Waals surface area contributed by atoms with Crippen LogP contribution in [-0.4, -0.2) is 37.0 Å². The second-order valence-electron chi connectivity index (χ2n) is 5.59. The molecule has 3 nitrogen and oxygen atoms in total. The van der Waals surface area contributed by atoms with Crippen molar-refractivity contribution in [2.75, 3.05) is 20.1 Å². The largest absolute Gasteiger partial charge is 0.340 e. The number of hydrogen-bond acceptors (Lipinski definition) is 2. The smallest absolute Gasteiger partial charge is 0.226 e. The molecule has 3 aliphatic rings. The number of nitrogens with zero attached hydrogens (tertiary/aromatic N) is 1. The fraction of sp³-hybridized carbons (Fsp3) is 0.917. The highest BCUT2D eigenvalue weighted by molar-refractivity contribution is 5.83. The maximum atomic E-state index is 12.2. The lowest BCUT2D eigenvalue weighted by atomic mass is 10.0. The van der Waals surface area contributed by atoms with E-state index in [1.165, 1.54) is 32.1 Å². The summed E-state index contributed by atoms with van der Waals surface area (Å²) in [4.78, 5) is 14.2. The minimum absolute atomic E-state index is 0.380. The molecule has 1 saturated heterocycles. The Kier molecular flexibility index (Phi) is 2.06. The van der Waals surface area contributed by atoms with Gasteiger partial charge in [-0.25, -0.2) is 0 Å². The highest BCUT2D eigenvalue weighted by atomic mass is 16.2. The van der Waals surface area contributed by atoms with Gasteiger partial charge in [-0.15, -0.1) is 0 Å². The Morgan fingerprint density at radius 2 is 2.00 bits per heavy atom. The van der Waals surface area contributed by atoms with Gasteiger partial charge in [0, 0.05) is 26.1 Å². The Hall–Kier alpha value is -0.570. The fourth-order valence-corrected chi connectivity index (χ4v) is 3.30. The van der Waals surface area contributed by atoms with Crippen molar-refractivity contribution >= 4 is 5.91 Å². The van der Waals surface area contributed by atoms with E-state index in [1.807, 2.05) is 11.9 Å². The van der Waals surface area contributed by atoms with Crippen LogP contribution in [0.2, 0.25) is 0 Å². The predicted octanol–water partition coefficient (Wildman–Crippen LogP) is 0.997. The third-order valence-corrected chi connectivity index (χ3v) is 4.74. The number of nitrogens with one attached hydrogen (secondary N) is 1. The number of carbonyl (C=O) groups is 1. The summed E-state index contributed by atoms with van der Waals surface area (Å²) >= 11 is 0. The first-order chi connectivity index (χ1) is 7.23. The summed E-state index contributed by atoms with van der Waals surface area (Å²) in [6.45, 7) is 1.98. The van der Waals surface area contributed by atoms with Gasteiger partial charge in [0.1, 0.15) is 0 Å². The molecule has 1 aliphatic heterocycles. The van der Waals surface area contributed by atoms with E-state index < -0.39 is 0 Å². The van der Waals surface area contributed by atoms with Gasteiger partial charge >= 0.3 is 0 Å². The van der Waals surface area contributed by atoms with E-state index in [0.29, 0.717) is 23.3 Å². The van der Waals surface area contributed by atoms with Gasteiger partial charge < -0.3 is 10.2 Å². The highest BCUT2D eigenvalue weighted by Crippen LogP contribution is 2.63. The van der Waals surface area contributed by atoms with Crippen LogP contribution < -0.4 is 5.32 Å². The first-order valence-corrected chi connectivity index (χ1v) is 6.20. The van der Waals surface area contributed by atoms with Crippen molar-refractivity contribution in [3.05, 3.63) is 0 Å². The first-order valence-electron chi connectivity index (χ1n) is 6.20. The van der Waals surface area contributed by atoms with Crippen LogP contribution in [0.25, 0.3) is 0 Å². The van der Waals surface area contributed by atoms with E-state index in [-0.39, 0.29) is 0 Å². The number of likely N-dealkylation sites (N-methyl/N-ethyl adjacent to an activating group) is 1.